The summed E-state index contributed by atoms with van der Waals surface area (Å²) in [5.74, 6) is -0.455. The Morgan fingerprint density at radius 1 is 1.02 bits per heavy atom. The van der Waals surface area contributed by atoms with Gasteiger partial charge in [0, 0.05) is 49.5 Å². The molecule has 0 bridgehead atoms. The van der Waals surface area contributed by atoms with Gasteiger partial charge in [-0.3, -0.25) is 9.88 Å². The van der Waals surface area contributed by atoms with Crippen molar-refractivity contribution in [3.05, 3.63) is 93.6 Å². The van der Waals surface area contributed by atoms with Crippen LogP contribution in [0.3, 0.4) is 0 Å². The number of rotatable bonds is 9. The van der Waals surface area contributed by atoms with E-state index in [0.29, 0.717) is 17.8 Å². The molecule has 266 valence electrons. The fourth-order valence-electron chi connectivity index (χ4n) is 7.35. The van der Waals surface area contributed by atoms with Crippen molar-refractivity contribution < 1.29 is 19.0 Å². The largest absolute Gasteiger partial charge is 0.479 e. The van der Waals surface area contributed by atoms with Gasteiger partial charge in [-0.1, -0.05) is 38.1 Å². The van der Waals surface area contributed by atoms with Crippen molar-refractivity contribution in [2.75, 3.05) is 24.5 Å². The molecule has 1 atom stereocenters. The standard InChI is InChI=1S/C40H51FN6O3/c1-25-19-32(41)12-11-30(25)21-45-16-13-28-20-29(9-10-31(28)22-45)35-33(23-47-24-42-44-27(47)3)43-26(2)34(37(38(48)49)50-39(4,5)6)36(35)46-17-14-40(7,8)15-18-46/h9-12,19-20,24,37H,13-18,21-23H2,1-8H3,(H,48,49)/t37-/m0/s1. The molecule has 4 heterocycles. The number of aryl methyl sites for hydroxylation is 3. The molecule has 0 radical (unpaired) electrons. The van der Waals surface area contributed by atoms with Gasteiger partial charge in [-0.2, -0.15) is 0 Å². The van der Waals surface area contributed by atoms with Crippen LogP contribution in [0.1, 0.15) is 98.6 Å². The van der Waals surface area contributed by atoms with Gasteiger partial charge in [-0.05, 0) is 106 Å². The van der Waals surface area contributed by atoms with E-state index in [1.807, 2.05) is 52.2 Å². The summed E-state index contributed by atoms with van der Waals surface area (Å²) in [5.41, 5.74) is 9.10. The molecule has 6 rings (SSSR count). The molecule has 0 saturated carbocycles. The molecule has 10 heteroatoms. The van der Waals surface area contributed by atoms with Crippen molar-refractivity contribution in [3.63, 3.8) is 0 Å². The molecule has 2 aliphatic rings. The molecule has 0 unspecified atom stereocenters. The van der Waals surface area contributed by atoms with Crippen molar-refractivity contribution in [2.24, 2.45) is 5.41 Å². The number of carbonyl (C=O) groups is 1. The fourth-order valence-corrected chi connectivity index (χ4v) is 7.35. The van der Waals surface area contributed by atoms with E-state index in [-0.39, 0.29) is 11.2 Å². The van der Waals surface area contributed by atoms with Gasteiger partial charge < -0.3 is 19.3 Å². The monoisotopic (exact) mass is 682 g/mol. The van der Waals surface area contributed by atoms with E-state index in [4.69, 9.17) is 9.72 Å². The maximum absolute atomic E-state index is 13.8. The number of aromatic nitrogens is 4. The molecule has 1 saturated heterocycles. The second kappa shape index (κ2) is 13.9. The Balaban J connectivity index is 1.49. The van der Waals surface area contributed by atoms with Crippen LogP contribution in [0.4, 0.5) is 10.1 Å². The van der Waals surface area contributed by atoms with Gasteiger partial charge in [-0.15, -0.1) is 10.2 Å². The molecule has 1 N–H and O–H groups in total. The van der Waals surface area contributed by atoms with Gasteiger partial charge in [-0.25, -0.2) is 9.18 Å². The second-order valence-corrected chi connectivity index (χ2v) is 15.9. The molecule has 0 amide bonds. The van der Waals surface area contributed by atoms with Crippen LogP contribution in [0.2, 0.25) is 0 Å². The first-order chi connectivity index (χ1) is 23.6. The maximum Gasteiger partial charge on any atom is 0.337 e. The highest BCUT2D eigenvalue weighted by molar-refractivity contribution is 5.88. The van der Waals surface area contributed by atoms with Gasteiger partial charge in [0.15, 0.2) is 6.10 Å². The van der Waals surface area contributed by atoms with E-state index in [1.54, 1.807) is 12.4 Å². The zero-order valence-corrected chi connectivity index (χ0v) is 30.8. The van der Waals surface area contributed by atoms with E-state index in [0.717, 1.165) is 91.4 Å². The molecule has 2 aromatic heterocycles. The number of aliphatic carboxylic acids is 1. The molecule has 0 spiro atoms. The first-order valence-corrected chi connectivity index (χ1v) is 17.7. The number of halogens is 1. The van der Waals surface area contributed by atoms with E-state index in [9.17, 15) is 14.3 Å². The Bertz CT molecular complexity index is 1880. The van der Waals surface area contributed by atoms with E-state index >= 15 is 0 Å². The highest BCUT2D eigenvalue weighted by Gasteiger charge is 2.37. The van der Waals surface area contributed by atoms with E-state index in [1.165, 1.54) is 17.2 Å². The van der Waals surface area contributed by atoms with Crippen LogP contribution in [0.25, 0.3) is 11.1 Å². The number of piperidine rings is 1. The molecule has 50 heavy (non-hydrogen) atoms. The highest BCUT2D eigenvalue weighted by Crippen LogP contribution is 2.46. The van der Waals surface area contributed by atoms with Gasteiger partial charge in [0.1, 0.15) is 18.0 Å². The van der Waals surface area contributed by atoms with Crippen molar-refractivity contribution in [1.82, 2.24) is 24.6 Å². The first-order valence-electron chi connectivity index (χ1n) is 17.7. The second-order valence-electron chi connectivity index (χ2n) is 15.9. The van der Waals surface area contributed by atoms with Gasteiger partial charge in [0.05, 0.1) is 23.5 Å². The van der Waals surface area contributed by atoms with Crippen LogP contribution < -0.4 is 4.90 Å². The smallest absolute Gasteiger partial charge is 0.337 e. The van der Waals surface area contributed by atoms with Crippen molar-refractivity contribution >= 4 is 11.7 Å². The van der Waals surface area contributed by atoms with Crippen LogP contribution >= 0.6 is 0 Å². The van der Waals surface area contributed by atoms with Gasteiger partial charge in [0.25, 0.3) is 0 Å². The third-order valence-electron chi connectivity index (χ3n) is 10.3. The van der Waals surface area contributed by atoms with Crippen LogP contribution in [-0.4, -0.2) is 61.0 Å². The number of hydrogen-bond acceptors (Lipinski definition) is 7. The molecule has 1 fully saturated rings. The number of pyridine rings is 1. The Morgan fingerprint density at radius 3 is 2.40 bits per heavy atom. The number of fused-ring (bicyclic) bond motifs is 1. The summed E-state index contributed by atoms with van der Waals surface area (Å²) in [7, 11) is 0. The van der Waals surface area contributed by atoms with Crippen LogP contribution in [0.15, 0.2) is 42.7 Å². The summed E-state index contributed by atoms with van der Waals surface area (Å²) in [6.07, 6.45) is 3.36. The number of ether oxygens (including phenoxy) is 1. The summed E-state index contributed by atoms with van der Waals surface area (Å²) in [4.78, 5) is 23.1. The lowest BCUT2D eigenvalue weighted by Crippen LogP contribution is -2.39. The molecular weight excluding hydrogens is 631 g/mol. The molecule has 2 aromatic carbocycles. The third kappa shape index (κ3) is 7.76. The molecule has 2 aliphatic heterocycles. The predicted molar refractivity (Wildman–Crippen MR) is 194 cm³/mol. The Hall–Kier alpha value is -4.15. The normalized spacial score (nSPS) is 17.1. The summed E-state index contributed by atoms with van der Waals surface area (Å²) in [6, 6.07) is 11.7. The van der Waals surface area contributed by atoms with Crippen molar-refractivity contribution in [2.45, 2.75) is 106 Å². The van der Waals surface area contributed by atoms with Crippen molar-refractivity contribution in [3.8, 4) is 11.1 Å². The van der Waals surface area contributed by atoms with E-state index in [2.05, 4.69) is 52.0 Å². The number of carboxylic acids is 1. The lowest BCUT2D eigenvalue weighted by Gasteiger charge is -2.41. The van der Waals surface area contributed by atoms with Crippen LogP contribution in [0.5, 0.6) is 0 Å². The average molecular weight is 683 g/mol. The number of carboxylic acid groups (broad SMARTS) is 1. The lowest BCUT2D eigenvalue weighted by molar-refractivity contribution is -0.160. The maximum atomic E-state index is 13.8. The molecular formula is C40H51FN6O3. The highest BCUT2D eigenvalue weighted by atomic mass is 19.1. The number of nitrogens with zero attached hydrogens (tertiary/aromatic N) is 6. The minimum Gasteiger partial charge on any atom is -0.479 e. The minimum atomic E-state index is -1.20. The molecule has 9 nitrogen and oxygen atoms in total. The van der Waals surface area contributed by atoms with E-state index < -0.39 is 17.7 Å². The molecule has 4 aromatic rings. The Labute approximate surface area is 295 Å². The number of hydrogen-bond donors (Lipinski definition) is 1. The zero-order chi connectivity index (χ0) is 36.0. The van der Waals surface area contributed by atoms with Gasteiger partial charge >= 0.3 is 5.97 Å². The summed E-state index contributed by atoms with van der Waals surface area (Å²) in [6.45, 7) is 20.6. The van der Waals surface area contributed by atoms with Crippen LogP contribution in [-0.2, 0) is 35.6 Å². The Morgan fingerprint density at radius 2 is 1.76 bits per heavy atom. The topological polar surface area (TPSA) is 96.6 Å². The summed E-state index contributed by atoms with van der Waals surface area (Å²) in [5, 5.41) is 19.1. The van der Waals surface area contributed by atoms with Gasteiger partial charge in [0.2, 0.25) is 0 Å². The SMILES string of the molecule is Cc1cc(F)ccc1CN1CCc2cc(-c3c(Cn4cnnc4C)nc(C)c([C@H](OC(C)(C)C)C(=O)O)c3N3CCC(C)(C)CC3)ccc2C1. The fraction of sp³-hybridized carbons (Fsp3) is 0.500. The summed E-state index contributed by atoms with van der Waals surface area (Å²) >= 11 is 0. The number of benzene rings is 2. The number of anilines is 1. The minimum absolute atomic E-state index is 0.194. The van der Waals surface area contributed by atoms with Crippen molar-refractivity contribution in [1.29, 1.82) is 0 Å². The quantitative estimate of drug-likeness (QED) is 0.193. The predicted octanol–water partition coefficient (Wildman–Crippen LogP) is 7.58. The molecule has 0 aliphatic carbocycles. The summed E-state index contributed by atoms with van der Waals surface area (Å²) < 4.78 is 22.1. The Kier molecular flexibility index (Phi) is 9.89. The lowest BCUT2D eigenvalue weighted by atomic mass is 9.81. The van der Waals surface area contributed by atoms with Crippen LogP contribution in [0, 0.1) is 32.0 Å². The first kappa shape index (κ1) is 35.7. The third-order valence-corrected chi connectivity index (χ3v) is 10.3. The zero-order valence-electron chi connectivity index (χ0n) is 30.8. The average Bonchev–Trinajstić information content (AvgIpc) is 3.44.